The molecular weight excluding hydrogens is 266 g/mol. The second kappa shape index (κ2) is 7.80. The summed E-state index contributed by atoms with van der Waals surface area (Å²) in [5.41, 5.74) is -0.692. The molecule has 1 aliphatic carbocycles. The smallest absolute Gasteiger partial charge is 0.315 e. The number of rotatable bonds is 5. The minimum absolute atomic E-state index is 0.142. The first-order chi connectivity index (χ1) is 10.1. The molecule has 1 saturated carbocycles. The number of nitrogens with one attached hydrogen (secondary N) is 2. The first kappa shape index (κ1) is 16.3. The van der Waals surface area contributed by atoms with Crippen molar-refractivity contribution in [2.24, 2.45) is 0 Å². The van der Waals surface area contributed by atoms with Crippen molar-refractivity contribution in [3.63, 3.8) is 0 Å². The SMILES string of the molecule is C=CCN1CCC(NC(=O)NCC2(O)CCCCC2)CC1. The summed E-state index contributed by atoms with van der Waals surface area (Å²) in [5, 5.41) is 16.2. The van der Waals surface area contributed by atoms with Crippen molar-refractivity contribution in [2.75, 3.05) is 26.2 Å². The molecule has 3 N–H and O–H groups in total. The van der Waals surface area contributed by atoms with Gasteiger partial charge < -0.3 is 15.7 Å². The number of carbonyl (C=O) groups excluding carboxylic acids is 1. The van der Waals surface area contributed by atoms with E-state index in [2.05, 4.69) is 22.1 Å². The predicted octanol–water partition coefficient (Wildman–Crippen LogP) is 1.63. The number of amides is 2. The molecule has 2 fully saturated rings. The average molecular weight is 295 g/mol. The van der Waals surface area contributed by atoms with E-state index in [0.717, 1.165) is 58.2 Å². The van der Waals surface area contributed by atoms with Crippen molar-refractivity contribution in [3.8, 4) is 0 Å². The zero-order valence-electron chi connectivity index (χ0n) is 12.9. The van der Waals surface area contributed by atoms with Gasteiger partial charge >= 0.3 is 6.03 Å². The lowest BCUT2D eigenvalue weighted by Gasteiger charge is -2.33. The molecule has 0 aromatic carbocycles. The number of urea groups is 1. The van der Waals surface area contributed by atoms with E-state index in [1.165, 1.54) is 6.42 Å². The zero-order chi connectivity index (χ0) is 15.1. The molecule has 1 aliphatic heterocycles. The highest BCUT2D eigenvalue weighted by Gasteiger charge is 2.29. The molecule has 0 spiro atoms. The van der Waals surface area contributed by atoms with Crippen molar-refractivity contribution in [3.05, 3.63) is 12.7 Å². The van der Waals surface area contributed by atoms with E-state index < -0.39 is 5.60 Å². The normalized spacial score (nSPS) is 23.5. The first-order valence-electron chi connectivity index (χ1n) is 8.21. The van der Waals surface area contributed by atoms with E-state index in [0.29, 0.717) is 6.54 Å². The van der Waals surface area contributed by atoms with E-state index in [1.807, 2.05) is 6.08 Å². The third kappa shape index (κ3) is 5.32. The summed E-state index contributed by atoms with van der Waals surface area (Å²) in [6.45, 7) is 7.05. The van der Waals surface area contributed by atoms with Gasteiger partial charge in [-0.15, -0.1) is 6.58 Å². The summed E-state index contributed by atoms with van der Waals surface area (Å²) in [7, 11) is 0. The molecule has 21 heavy (non-hydrogen) atoms. The van der Waals surface area contributed by atoms with Crippen LogP contribution in [0.3, 0.4) is 0 Å². The summed E-state index contributed by atoms with van der Waals surface area (Å²) in [6.07, 6.45) is 8.78. The van der Waals surface area contributed by atoms with Gasteiger partial charge in [-0.3, -0.25) is 4.90 Å². The molecule has 1 saturated heterocycles. The molecule has 0 radical (unpaired) electrons. The number of carbonyl (C=O) groups is 1. The van der Waals surface area contributed by atoms with Crippen LogP contribution in [-0.2, 0) is 0 Å². The maximum Gasteiger partial charge on any atom is 0.315 e. The van der Waals surface area contributed by atoms with Gasteiger partial charge in [0, 0.05) is 32.2 Å². The van der Waals surface area contributed by atoms with Gasteiger partial charge in [0.25, 0.3) is 0 Å². The van der Waals surface area contributed by atoms with Gasteiger partial charge in [0.1, 0.15) is 0 Å². The van der Waals surface area contributed by atoms with E-state index in [9.17, 15) is 9.90 Å². The van der Waals surface area contributed by atoms with Crippen LogP contribution in [-0.4, -0.2) is 53.9 Å². The Morgan fingerprint density at radius 3 is 2.57 bits per heavy atom. The van der Waals surface area contributed by atoms with Crippen LogP contribution in [0.1, 0.15) is 44.9 Å². The molecule has 0 aromatic heterocycles. The Kier molecular flexibility index (Phi) is 6.06. The molecule has 5 heteroatoms. The minimum atomic E-state index is -0.692. The third-order valence-corrected chi connectivity index (χ3v) is 4.67. The van der Waals surface area contributed by atoms with Crippen LogP contribution in [0.2, 0.25) is 0 Å². The highest BCUT2D eigenvalue weighted by molar-refractivity contribution is 5.74. The second-order valence-corrected chi connectivity index (χ2v) is 6.48. The molecule has 2 aliphatic rings. The minimum Gasteiger partial charge on any atom is -0.388 e. The molecule has 0 unspecified atom stereocenters. The van der Waals surface area contributed by atoms with Gasteiger partial charge in [-0.05, 0) is 25.7 Å². The Hall–Kier alpha value is -1.07. The lowest BCUT2D eigenvalue weighted by Crippen LogP contribution is -2.51. The quantitative estimate of drug-likeness (QED) is 0.676. The van der Waals surface area contributed by atoms with Gasteiger partial charge in [-0.25, -0.2) is 4.79 Å². The Morgan fingerprint density at radius 2 is 1.95 bits per heavy atom. The van der Waals surface area contributed by atoms with Crippen molar-refractivity contribution in [1.82, 2.24) is 15.5 Å². The van der Waals surface area contributed by atoms with Crippen LogP contribution in [0.15, 0.2) is 12.7 Å². The van der Waals surface area contributed by atoms with Crippen LogP contribution < -0.4 is 10.6 Å². The standard InChI is InChI=1S/C16H29N3O2/c1-2-10-19-11-6-14(7-12-19)18-15(20)17-13-16(21)8-4-3-5-9-16/h2,14,21H,1,3-13H2,(H2,17,18,20). The Labute approximate surface area is 127 Å². The topological polar surface area (TPSA) is 64.6 Å². The number of likely N-dealkylation sites (tertiary alicyclic amines) is 1. The first-order valence-corrected chi connectivity index (χ1v) is 8.21. The summed E-state index contributed by atoms with van der Waals surface area (Å²) in [4.78, 5) is 14.3. The summed E-state index contributed by atoms with van der Waals surface area (Å²) in [6, 6.07) is 0.100. The lowest BCUT2D eigenvalue weighted by atomic mass is 9.85. The molecule has 2 rings (SSSR count). The van der Waals surface area contributed by atoms with E-state index in [-0.39, 0.29) is 12.1 Å². The van der Waals surface area contributed by atoms with Gasteiger partial charge in [0.05, 0.1) is 5.60 Å². The average Bonchev–Trinajstić information content (AvgIpc) is 2.49. The van der Waals surface area contributed by atoms with Crippen LogP contribution >= 0.6 is 0 Å². The van der Waals surface area contributed by atoms with Gasteiger partial charge in [-0.2, -0.15) is 0 Å². The zero-order valence-corrected chi connectivity index (χ0v) is 12.9. The van der Waals surface area contributed by atoms with Crippen LogP contribution in [0.4, 0.5) is 4.79 Å². The van der Waals surface area contributed by atoms with Crippen molar-refractivity contribution >= 4 is 6.03 Å². The number of hydrogen-bond acceptors (Lipinski definition) is 3. The maximum absolute atomic E-state index is 11.9. The number of aliphatic hydroxyl groups is 1. The maximum atomic E-state index is 11.9. The molecule has 120 valence electrons. The molecular formula is C16H29N3O2. The number of nitrogens with zero attached hydrogens (tertiary/aromatic N) is 1. The highest BCUT2D eigenvalue weighted by Crippen LogP contribution is 2.27. The highest BCUT2D eigenvalue weighted by atomic mass is 16.3. The van der Waals surface area contributed by atoms with E-state index >= 15 is 0 Å². The molecule has 1 heterocycles. The van der Waals surface area contributed by atoms with Crippen molar-refractivity contribution in [1.29, 1.82) is 0 Å². The third-order valence-electron chi connectivity index (χ3n) is 4.67. The van der Waals surface area contributed by atoms with Gasteiger partial charge in [0.15, 0.2) is 0 Å². The molecule has 2 amide bonds. The molecule has 5 nitrogen and oxygen atoms in total. The monoisotopic (exact) mass is 295 g/mol. The largest absolute Gasteiger partial charge is 0.388 e. The van der Waals surface area contributed by atoms with E-state index in [4.69, 9.17) is 0 Å². The molecule has 0 aromatic rings. The van der Waals surface area contributed by atoms with Crippen LogP contribution in [0.5, 0.6) is 0 Å². The predicted molar refractivity (Wildman–Crippen MR) is 84.2 cm³/mol. The fourth-order valence-electron chi connectivity index (χ4n) is 3.31. The number of hydrogen-bond donors (Lipinski definition) is 3. The Morgan fingerprint density at radius 1 is 1.29 bits per heavy atom. The molecule has 0 atom stereocenters. The van der Waals surface area contributed by atoms with Gasteiger partial charge in [-0.1, -0.05) is 25.3 Å². The van der Waals surface area contributed by atoms with Crippen LogP contribution in [0.25, 0.3) is 0 Å². The fourth-order valence-corrected chi connectivity index (χ4v) is 3.31. The lowest BCUT2D eigenvalue weighted by molar-refractivity contribution is 0.00707. The number of piperidine rings is 1. The van der Waals surface area contributed by atoms with E-state index in [1.54, 1.807) is 0 Å². The van der Waals surface area contributed by atoms with Gasteiger partial charge in [0.2, 0.25) is 0 Å². The second-order valence-electron chi connectivity index (χ2n) is 6.48. The van der Waals surface area contributed by atoms with Crippen molar-refractivity contribution < 1.29 is 9.90 Å². The van der Waals surface area contributed by atoms with Crippen molar-refractivity contribution in [2.45, 2.75) is 56.6 Å². The molecule has 0 bridgehead atoms. The van der Waals surface area contributed by atoms with Crippen LogP contribution in [0, 0.1) is 0 Å². The Bertz CT molecular complexity index is 345. The summed E-state index contributed by atoms with van der Waals surface area (Å²) in [5.74, 6) is 0. The summed E-state index contributed by atoms with van der Waals surface area (Å²) >= 11 is 0. The summed E-state index contributed by atoms with van der Waals surface area (Å²) < 4.78 is 0. The Balaban J connectivity index is 1.64. The fraction of sp³-hybridized carbons (Fsp3) is 0.812.